The highest BCUT2D eigenvalue weighted by Crippen LogP contribution is 2.16. The van der Waals surface area contributed by atoms with E-state index >= 15 is 0 Å². The van der Waals surface area contributed by atoms with Crippen LogP contribution in [0.4, 0.5) is 0 Å². The van der Waals surface area contributed by atoms with Crippen LogP contribution >= 0.6 is 23.5 Å². The van der Waals surface area contributed by atoms with Gasteiger partial charge in [0.25, 0.3) is 0 Å². The Morgan fingerprint density at radius 1 is 1.09 bits per heavy atom. The van der Waals surface area contributed by atoms with Crippen molar-refractivity contribution in [3.63, 3.8) is 0 Å². The van der Waals surface area contributed by atoms with Gasteiger partial charge in [0, 0.05) is 10.6 Å². The lowest BCUT2D eigenvalue weighted by Gasteiger charge is -1.98. The van der Waals surface area contributed by atoms with E-state index in [0.717, 1.165) is 5.75 Å². The number of thioether (sulfide) groups is 2. The van der Waals surface area contributed by atoms with Gasteiger partial charge in [-0.25, -0.2) is 0 Å². The maximum absolute atomic E-state index is 2.20. The minimum absolute atomic E-state index is 1.12. The summed E-state index contributed by atoms with van der Waals surface area (Å²) < 4.78 is 0. The molecule has 0 aromatic heterocycles. The highest BCUT2D eigenvalue weighted by Gasteiger charge is 1.91. The minimum atomic E-state index is 1.12. The molecule has 60 valence electrons. The van der Waals surface area contributed by atoms with Crippen LogP contribution in [0.25, 0.3) is 0 Å². The van der Waals surface area contributed by atoms with Gasteiger partial charge in [-0.3, -0.25) is 0 Å². The van der Waals surface area contributed by atoms with E-state index in [4.69, 9.17) is 0 Å². The molecule has 0 radical (unpaired) electrons. The third-order valence-electron chi connectivity index (χ3n) is 1.47. The van der Waals surface area contributed by atoms with Gasteiger partial charge < -0.3 is 0 Å². The lowest BCUT2D eigenvalue weighted by atomic mass is 10.2. The molecule has 0 N–H and O–H groups in total. The van der Waals surface area contributed by atoms with Crippen LogP contribution in [0.2, 0.25) is 0 Å². The van der Waals surface area contributed by atoms with Crippen LogP contribution in [0.5, 0.6) is 0 Å². The van der Waals surface area contributed by atoms with Crippen molar-refractivity contribution in [1.29, 1.82) is 0 Å². The van der Waals surface area contributed by atoms with Crippen LogP contribution in [0.15, 0.2) is 29.2 Å². The van der Waals surface area contributed by atoms with Crippen LogP contribution < -0.4 is 0 Å². The predicted octanol–water partition coefficient (Wildman–Crippen LogP) is 3.27. The van der Waals surface area contributed by atoms with E-state index in [0.29, 0.717) is 0 Å². The summed E-state index contributed by atoms with van der Waals surface area (Å²) in [5.41, 5.74) is 1.41. The highest BCUT2D eigenvalue weighted by molar-refractivity contribution is 7.98. The molecule has 11 heavy (non-hydrogen) atoms. The van der Waals surface area contributed by atoms with Crippen molar-refractivity contribution in [1.82, 2.24) is 0 Å². The molecular formula is C9H12S2. The molecule has 0 heterocycles. The summed E-state index contributed by atoms with van der Waals surface area (Å²) in [4.78, 5) is 1.34. The molecular weight excluding hydrogens is 172 g/mol. The van der Waals surface area contributed by atoms with Crippen LogP contribution in [0, 0.1) is 0 Å². The number of hydrogen-bond donors (Lipinski definition) is 0. The molecule has 0 unspecified atom stereocenters. The summed E-state index contributed by atoms with van der Waals surface area (Å²) in [6, 6.07) is 8.75. The third-order valence-corrected chi connectivity index (χ3v) is 2.84. The Hall–Kier alpha value is -0.0800. The Labute approximate surface area is 76.8 Å². The van der Waals surface area contributed by atoms with Gasteiger partial charge in [-0.15, -0.1) is 11.8 Å². The van der Waals surface area contributed by atoms with Crippen molar-refractivity contribution in [3.05, 3.63) is 29.8 Å². The summed E-state index contributed by atoms with van der Waals surface area (Å²) in [6.07, 6.45) is 4.23. The zero-order valence-corrected chi connectivity index (χ0v) is 8.47. The van der Waals surface area contributed by atoms with E-state index in [1.807, 2.05) is 11.8 Å². The highest BCUT2D eigenvalue weighted by atomic mass is 32.2. The Morgan fingerprint density at radius 2 is 1.73 bits per heavy atom. The molecule has 2 heteroatoms. The Morgan fingerprint density at radius 3 is 2.18 bits per heavy atom. The fourth-order valence-electron chi connectivity index (χ4n) is 0.888. The van der Waals surface area contributed by atoms with Gasteiger partial charge >= 0.3 is 0 Å². The van der Waals surface area contributed by atoms with Gasteiger partial charge in [0.05, 0.1) is 0 Å². The molecule has 1 rings (SSSR count). The van der Waals surface area contributed by atoms with E-state index < -0.39 is 0 Å². The van der Waals surface area contributed by atoms with E-state index in [9.17, 15) is 0 Å². The maximum atomic E-state index is 2.20. The molecule has 0 atom stereocenters. The lowest BCUT2D eigenvalue weighted by Crippen LogP contribution is -1.78. The average molecular weight is 184 g/mol. The predicted molar refractivity (Wildman–Crippen MR) is 55.4 cm³/mol. The Kier molecular flexibility index (Phi) is 3.87. The van der Waals surface area contributed by atoms with Crippen molar-refractivity contribution in [2.24, 2.45) is 0 Å². The monoisotopic (exact) mass is 184 g/mol. The maximum Gasteiger partial charge on any atom is 0.0181 e. The van der Waals surface area contributed by atoms with Crippen molar-refractivity contribution < 1.29 is 0 Å². The van der Waals surface area contributed by atoms with Crippen molar-refractivity contribution in [3.8, 4) is 0 Å². The standard InChI is InChI=1S/C9H12S2/c1-10-7-8-3-5-9(11-2)6-4-8/h3-6H,7H2,1-2H3. The van der Waals surface area contributed by atoms with Gasteiger partial charge in [0.15, 0.2) is 0 Å². The molecule has 0 aliphatic heterocycles. The third kappa shape index (κ3) is 2.80. The molecule has 0 aliphatic rings. The van der Waals surface area contributed by atoms with E-state index in [2.05, 4.69) is 36.8 Å². The van der Waals surface area contributed by atoms with Gasteiger partial charge in [-0.05, 0) is 30.2 Å². The molecule has 0 nitrogen and oxygen atoms in total. The fourth-order valence-corrected chi connectivity index (χ4v) is 1.82. The SMILES string of the molecule is CSCc1ccc(SC)cc1. The largest absolute Gasteiger partial charge is 0.161 e. The quantitative estimate of drug-likeness (QED) is 0.661. The molecule has 0 saturated carbocycles. The first-order valence-electron chi connectivity index (χ1n) is 3.48. The Bertz CT molecular complexity index is 203. The zero-order chi connectivity index (χ0) is 8.10. The summed E-state index contributed by atoms with van der Waals surface area (Å²) in [5.74, 6) is 1.12. The van der Waals surface area contributed by atoms with Crippen LogP contribution in [0.3, 0.4) is 0 Å². The minimum Gasteiger partial charge on any atom is -0.161 e. The average Bonchev–Trinajstić information content (AvgIpc) is 2.07. The van der Waals surface area contributed by atoms with Crippen LogP contribution in [0.1, 0.15) is 5.56 Å². The molecule has 0 amide bonds. The number of benzene rings is 1. The Balaban J connectivity index is 2.66. The lowest BCUT2D eigenvalue weighted by molar-refractivity contribution is 1.35. The zero-order valence-electron chi connectivity index (χ0n) is 6.83. The van der Waals surface area contributed by atoms with Crippen molar-refractivity contribution in [2.75, 3.05) is 12.5 Å². The number of rotatable bonds is 3. The van der Waals surface area contributed by atoms with E-state index in [-0.39, 0.29) is 0 Å². The molecule has 0 saturated heterocycles. The normalized spacial score (nSPS) is 10.0. The molecule has 0 spiro atoms. The second kappa shape index (κ2) is 4.73. The second-order valence-electron chi connectivity index (χ2n) is 2.28. The molecule has 1 aromatic rings. The summed E-state index contributed by atoms with van der Waals surface area (Å²) in [7, 11) is 0. The molecule has 0 fully saturated rings. The first-order chi connectivity index (χ1) is 5.36. The summed E-state index contributed by atoms with van der Waals surface area (Å²) in [5, 5.41) is 0. The molecule has 1 aromatic carbocycles. The fraction of sp³-hybridized carbons (Fsp3) is 0.333. The van der Waals surface area contributed by atoms with Crippen LogP contribution in [-0.2, 0) is 5.75 Å². The van der Waals surface area contributed by atoms with E-state index in [1.54, 1.807) is 11.8 Å². The first kappa shape index (κ1) is 9.01. The van der Waals surface area contributed by atoms with E-state index in [1.165, 1.54) is 10.5 Å². The van der Waals surface area contributed by atoms with Crippen LogP contribution in [-0.4, -0.2) is 12.5 Å². The summed E-state index contributed by atoms with van der Waals surface area (Å²) in [6.45, 7) is 0. The smallest absolute Gasteiger partial charge is 0.0181 e. The van der Waals surface area contributed by atoms with Crippen molar-refractivity contribution in [2.45, 2.75) is 10.6 Å². The summed E-state index contributed by atoms with van der Waals surface area (Å²) >= 11 is 3.65. The van der Waals surface area contributed by atoms with Gasteiger partial charge in [0.2, 0.25) is 0 Å². The first-order valence-corrected chi connectivity index (χ1v) is 6.10. The van der Waals surface area contributed by atoms with Gasteiger partial charge in [-0.2, -0.15) is 11.8 Å². The molecule has 0 aliphatic carbocycles. The van der Waals surface area contributed by atoms with Gasteiger partial charge in [-0.1, -0.05) is 12.1 Å². The number of hydrogen-bond acceptors (Lipinski definition) is 2. The van der Waals surface area contributed by atoms with Crippen molar-refractivity contribution >= 4 is 23.5 Å². The van der Waals surface area contributed by atoms with Gasteiger partial charge in [0.1, 0.15) is 0 Å². The second-order valence-corrected chi connectivity index (χ2v) is 4.03. The topological polar surface area (TPSA) is 0 Å². The molecule has 0 bridgehead atoms.